The number of hydrogen-bond acceptors (Lipinski definition) is 2. The molecule has 0 radical (unpaired) electrons. The first-order chi connectivity index (χ1) is 10.6. The van der Waals surface area contributed by atoms with Gasteiger partial charge in [0.25, 0.3) is 0 Å². The van der Waals surface area contributed by atoms with Crippen LogP contribution >= 0.6 is 0 Å². The van der Waals surface area contributed by atoms with Gasteiger partial charge < -0.3 is 0 Å². The molecule has 0 saturated heterocycles. The second-order valence-corrected chi connectivity index (χ2v) is 8.14. The standard InChI is InChI=1S/C20H29NO/c1-21(2)20-14-18(22)19(12-8-7-11-17(19)20)13-16(20)15-9-5-3-4-6-10-15/h9,13,17H,3-8,10-12,14H2,1-2H3/t17?,19-,20+/m0/s1. The van der Waals surface area contributed by atoms with Gasteiger partial charge in [-0.3, -0.25) is 9.69 Å². The van der Waals surface area contributed by atoms with Crippen molar-refractivity contribution >= 4 is 5.78 Å². The number of allylic oxidation sites excluding steroid dienone is 2. The van der Waals surface area contributed by atoms with Crippen LogP contribution in [-0.4, -0.2) is 30.3 Å². The van der Waals surface area contributed by atoms with Gasteiger partial charge in [-0.15, -0.1) is 0 Å². The van der Waals surface area contributed by atoms with Crippen molar-refractivity contribution in [2.24, 2.45) is 11.3 Å². The lowest BCUT2D eigenvalue weighted by Crippen LogP contribution is -2.49. The van der Waals surface area contributed by atoms with E-state index in [-0.39, 0.29) is 11.0 Å². The van der Waals surface area contributed by atoms with E-state index in [9.17, 15) is 4.79 Å². The van der Waals surface area contributed by atoms with Crippen LogP contribution in [0.3, 0.4) is 0 Å². The van der Waals surface area contributed by atoms with Crippen molar-refractivity contribution < 1.29 is 4.79 Å². The Bertz CT molecular complexity index is 558. The van der Waals surface area contributed by atoms with Crippen molar-refractivity contribution in [3.05, 3.63) is 23.3 Å². The van der Waals surface area contributed by atoms with Gasteiger partial charge in [-0.25, -0.2) is 0 Å². The van der Waals surface area contributed by atoms with Crippen LogP contribution in [0.1, 0.15) is 64.2 Å². The molecule has 3 atom stereocenters. The van der Waals surface area contributed by atoms with Crippen LogP contribution < -0.4 is 0 Å². The van der Waals surface area contributed by atoms with Crippen LogP contribution in [0.25, 0.3) is 0 Å². The third kappa shape index (κ3) is 1.73. The Kier molecular flexibility index (Phi) is 3.38. The smallest absolute Gasteiger partial charge is 0.145 e. The molecule has 0 spiro atoms. The fourth-order valence-electron chi connectivity index (χ4n) is 5.99. The molecule has 2 heteroatoms. The quantitative estimate of drug-likeness (QED) is 0.759. The molecular formula is C20H29NO. The van der Waals surface area contributed by atoms with Crippen LogP contribution in [-0.2, 0) is 4.79 Å². The third-order valence-electron chi connectivity index (χ3n) is 7.03. The number of carbonyl (C=O) groups excluding carboxylic acids is 1. The van der Waals surface area contributed by atoms with Gasteiger partial charge in [0.05, 0.1) is 11.0 Å². The fraction of sp³-hybridized carbons (Fsp3) is 0.750. The summed E-state index contributed by atoms with van der Waals surface area (Å²) in [5.41, 5.74) is 3.02. The Hall–Kier alpha value is -0.890. The first-order valence-corrected chi connectivity index (χ1v) is 9.25. The maximum atomic E-state index is 12.9. The highest BCUT2D eigenvalue weighted by atomic mass is 16.1. The molecule has 1 unspecified atom stereocenters. The Balaban J connectivity index is 1.83. The molecule has 22 heavy (non-hydrogen) atoms. The average Bonchev–Trinajstić information content (AvgIpc) is 2.78. The molecule has 2 fully saturated rings. The molecule has 0 N–H and O–H groups in total. The van der Waals surface area contributed by atoms with Crippen molar-refractivity contribution in [3.63, 3.8) is 0 Å². The Labute approximate surface area is 134 Å². The van der Waals surface area contributed by atoms with E-state index >= 15 is 0 Å². The van der Waals surface area contributed by atoms with E-state index in [4.69, 9.17) is 0 Å². The van der Waals surface area contributed by atoms with Crippen molar-refractivity contribution in [3.8, 4) is 0 Å². The van der Waals surface area contributed by atoms with Crippen molar-refractivity contribution in [2.45, 2.75) is 69.7 Å². The topological polar surface area (TPSA) is 20.3 Å². The van der Waals surface area contributed by atoms with Gasteiger partial charge >= 0.3 is 0 Å². The zero-order chi connectivity index (χ0) is 15.4. The molecule has 0 aliphatic heterocycles. The summed E-state index contributed by atoms with van der Waals surface area (Å²) in [6.07, 6.45) is 17.0. The second kappa shape index (κ2) is 5.06. The van der Waals surface area contributed by atoms with Crippen LogP contribution in [0.15, 0.2) is 23.3 Å². The van der Waals surface area contributed by atoms with Gasteiger partial charge in [0, 0.05) is 6.42 Å². The van der Waals surface area contributed by atoms with Gasteiger partial charge in [-0.2, -0.15) is 0 Å². The molecule has 0 heterocycles. The van der Waals surface area contributed by atoms with Gasteiger partial charge in [0.1, 0.15) is 5.78 Å². The Morgan fingerprint density at radius 2 is 2.00 bits per heavy atom. The summed E-state index contributed by atoms with van der Waals surface area (Å²) in [4.78, 5) is 15.3. The van der Waals surface area contributed by atoms with E-state index < -0.39 is 0 Å². The highest BCUT2D eigenvalue weighted by molar-refractivity contribution is 5.95. The molecule has 4 aliphatic rings. The minimum atomic E-state index is -0.106. The summed E-state index contributed by atoms with van der Waals surface area (Å²) in [7, 11) is 4.41. The molecule has 120 valence electrons. The lowest BCUT2D eigenvalue weighted by Gasteiger charge is -2.43. The molecule has 0 aromatic rings. The first-order valence-electron chi connectivity index (χ1n) is 9.25. The molecule has 0 amide bonds. The summed E-state index contributed by atoms with van der Waals surface area (Å²) < 4.78 is 0. The average molecular weight is 299 g/mol. The monoisotopic (exact) mass is 299 g/mol. The first kappa shape index (κ1) is 14.7. The van der Waals surface area contributed by atoms with E-state index in [0.717, 1.165) is 12.8 Å². The largest absolute Gasteiger partial charge is 0.299 e. The van der Waals surface area contributed by atoms with Crippen molar-refractivity contribution in [2.75, 3.05) is 14.1 Å². The highest BCUT2D eigenvalue weighted by Gasteiger charge is 2.68. The normalized spacial score (nSPS) is 41.2. The minimum Gasteiger partial charge on any atom is -0.299 e. The summed E-state index contributed by atoms with van der Waals surface area (Å²) in [5, 5.41) is 0. The zero-order valence-corrected chi connectivity index (χ0v) is 14.2. The molecule has 0 aromatic heterocycles. The maximum Gasteiger partial charge on any atom is 0.145 e. The number of hydrogen-bond donors (Lipinski definition) is 0. The van der Waals surface area contributed by atoms with E-state index in [1.165, 1.54) is 51.4 Å². The SMILES string of the molecule is CN(C)[C@]12CC(=O)[C@]3(C=C1C1=CCCCCC1)CCCCC32. The molecular weight excluding hydrogens is 270 g/mol. The Morgan fingerprint density at radius 3 is 2.82 bits per heavy atom. The number of rotatable bonds is 2. The molecule has 4 rings (SSSR count). The number of carbonyl (C=O) groups is 1. The molecule has 2 saturated carbocycles. The van der Waals surface area contributed by atoms with Crippen LogP contribution in [0.2, 0.25) is 0 Å². The van der Waals surface area contributed by atoms with Crippen molar-refractivity contribution in [1.82, 2.24) is 4.90 Å². The summed E-state index contributed by atoms with van der Waals surface area (Å²) in [5.74, 6) is 1.07. The fourth-order valence-corrected chi connectivity index (χ4v) is 5.99. The maximum absolute atomic E-state index is 12.9. The summed E-state index contributed by atoms with van der Waals surface area (Å²) in [6.45, 7) is 0. The molecule has 2 bridgehead atoms. The van der Waals surface area contributed by atoms with Crippen LogP contribution in [0, 0.1) is 11.3 Å². The highest BCUT2D eigenvalue weighted by Crippen LogP contribution is 2.66. The molecule has 2 nitrogen and oxygen atoms in total. The van der Waals surface area contributed by atoms with E-state index in [2.05, 4.69) is 31.1 Å². The predicted molar refractivity (Wildman–Crippen MR) is 89.7 cm³/mol. The molecule has 4 aliphatic carbocycles. The van der Waals surface area contributed by atoms with E-state index in [1.807, 2.05) is 0 Å². The van der Waals surface area contributed by atoms with Gasteiger partial charge in [-0.1, -0.05) is 31.4 Å². The number of nitrogens with zero attached hydrogens (tertiary/aromatic N) is 1. The summed E-state index contributed by atoms with van der Waals surface area (Å²) >= 11 is 0. The predicted octanol–water partition coefficient (Wildman–Crippen LogP) is 4.27. The third-order valence-corrected chi connectivity index (χ3v) is 7.03. The van der Waals surface area contributed by atoms with Crippen LogP contribution in [0.5, 0.6) is 0 Å². The van der Waals surface area contributed by atoms with Gasteiger partial charge in [0.2, 0.25) is 0 Å². The number of ketones is 1. The summed E-state index contributed by atoms with van der Waals surface area (Å²) in [6, 6.07) is 0. The lowest BCUT2D eigenvalue weighted by molar-refractivity contribution is -0.125. The second-order valence-electron chi connectivity index (χ2n) is 8.14. The zero-order valence-electron chi connectivity index (χ0n) is 14.2. The minimum absolute atomic E-state index is 0.00762. The van der Waals surface area contributed by atoms with Crippen LogP contribution in [0.4, 0.5) is 0 Å². The van der Waals surface area contributed by atoms with Gasteiger partial charge in [-0.05, 0) is 69.7 Å². The Morgan fingerprint density at radius 1 is 1.14 bits per heavy atom. The van der Waals surface area contributed by atoms with E-state index in [0.29, 0.717) is 11.7 Å². The number of likely N-dealkylation sites (N-methyl/N-ethyl adjacent to an activating group) is 1. The lowest BCUT2D eigenvalue weighted by atomic mass is 9.68. The molecule has 0 aromatic carbocycles. The van der Waals surface area contributed by atoms with E-state index in [1.54, 1.807) is 11.1 Å². The number of Topliss-reactive ketones (excluding diaryl/α,β-unsaturated/α-hetero) is 1. The van der Waals surface area contributed by atoms with Gasteiger partial charge in [0.15, 0.2) is 0 Å². The van der Waals surface area contributed by atoms with Crippen molar-refractivity contribution in [1.29, 1.82) is 0 Å².